The van der Waals surface area contributed by atoms with Crippen LogP contribution >= 0.6 is 11.8 Å². The monoisotopic (exact) mass is 448 g/mol. The maximum atomic E-state index is 12.8. The molecule has 0 aliphatic carbocycles. The number of ether oxygens (including phenoxy) is 1. The van der Waals surface area contributed by atoms with Gasteiger partial charge in [0.05, 0.1) is 18.0 Å². The molecule has 1 aromatic carbocycles. The first-order valence-corrected chi connectivity index (χ1v) is 10.9. The van der Waals surface area contributed by atoms with Crippen LogP contribution in [-0.2, 0) is 18.9 Å². The number of aromatic hydroxyl groups is 1. The van der Waals surface area contributed by atoms with Crippen molar-refractivity contribution >= 4 is 28.4 Å². The van der Waals surface area contributed by atoms with E-state index in [9.17, 15) is 19.5 Å². The zero-order valence-corrected chi connectivity index (χ0v) is 19.2. The Morgan fingerprint density at radius 3 is 2.26 bits per heavy atom. The SMILES string of the molecule is CCOc1ccc(N=C(SCC(=O)N(CC)CC)c2c(O)n(C)c(=O)n(C)c2=O)cc1. The maximum absolute atomic E-state index is 12.8. The van der Waals surface area contributed by atoms with Gasteiger partial charge in [0.25, 0.3) is 5.56 Å². The number of carbonyl (C=O) groups is 1. The van der Waals surface area contributed by atoms with Crippen LogP contribution in [0.5, 0.6) is 11.6 Å². The van der Waals surface area contributed by atoms with Gasteiger partial charge in [-0.05, 0) is 45.0 Å². The van der Waals surface area contributed by atoms with Crippen LogP contribution in [-0.4, -0.2) is 55.5 Å². The van der Waals surface area contributed by atoms with Gasteiger partial charge in [-0.3, -0.25) is 18.7 Å². The normalized spacial score (nSPS) is 11.5. The highest BCUT2D eigenvalue weighted by atomic mass is 32.2. The second kappa shape index (κ2) is 10.9. The molecule has 0 spiro atoms. The molecule has 168 valence electrons. The largest absolute Gasteiger partial charge is 0.494 e. The molecule has 0 atom stereocenters. The van der Waals surface area contributed by atoms with E-state index in [0.29, 0.717) is 31.1 Å². The Morgan fingerprint density at radius 1 is 1.10 bits per heavy atom. The standard InChI is InChI=1S/C21H28N4O5S/c1-6-25(7-2)16(26)13-31-18(22-14-9-11-15(12-10-14)30-8-3)17-19(27)23(4)21(29)24(5)20(17)28/h9-12,27H,6-8,13H2,1-5H3. The van der Waals surface area contributed by atoms with Crippen molar-refractivity contribution in [1.29, 1.82) is 0 Å². The zero-order valence-electron chi connectivity index (χ0n) is 18.4. The van der Waals surface area contributed by atoms with Crippen molar-refractivity contribution in [3.05, 3.63) is 50.7 Å². The fourth-order valence-electron chi connectivity index (χ4n) is 2.88. The van der Waals surface area contributed by atoms with Gasteiger partial charge in [-0.15, -0.1) is 0 Å². The summed E-state index contributed by atoms with van der Waals surface area (Å²) >= 11 is 1.04. The van der Waals surface area contributed by atoms with E-state index < -0.39 is 17.1 Å². The molecule has 1 heterocycles. The summed E-state index contributed by atoms with van der Waals surface area (Å²) in [6.07, 6.45) is 0. The number of aliphatic imine (C=N–C) groups is 1. The molecule has 2 aromatic rings. The number of amides is 1. The van der Waals surface area contributed by atoms with Crippen molar-refractivity contribution in [1.82, 2.24) is 14.0 Å². The molecule has 0 bridgehead atoms. The van der Waals surface area contributed by atoms with Gasteiger partial charge >= 0.3 is 5.69 Å². The highest BCUT2D eigenvalue weighted by Crippen LogP contribution is 2.25. The molecule has 1 N–H and O–H groups in total. The predicted octanol–water partition coefficient (Wildman–Crippen LogP) is 1.87. The minimum Gasteiger partial charge on any atom is -0.494 e. The van der Waals surface area contributed by atoms with Crippen LogP contribution < -0.4 is 16.0 Å². The molecule has 0 fully saturated rings. The molecule has 1 aromatic heterocycles. The number of hydrogen-bond acceptors (Lipinski definition) is 7. The van der Waals surface area contributed by atoms with Crippen molar-refractivity contribution in [2.75, 3.05) is 25.4 Å². The fourth-order valence-corrected chi connectivity index (χ4v) is 3.82. The number of hydrogen-bond donors (Lipinski definition) is 1. The molecule has 10 heteroatoms. The van der Waals surface area contributed by atoms with Crippen LogP contribution in [0, 0.1) is 0 Å². The maximum Gasteiger partial charge on any atom is 0.333 e. The lowest BCUT2D eigenvalue weighted by Crippen LogP contribution is -2.40. The van der Waals surface area contributed by atoms with E-state index in [2.05, 4.69) is 4.99 Å². The molecule has 2 rings (SSSR count). The lowest BCUT2D eigenvalue weighted by atomic mass is 10.3. The van der Waals surface area contributed by atoms with E-state index >= 15 is 0 Å². The first kappa shape index (κ1) is 24.3. The van der Waals surface area contributed by atoms with E-state index in [1.165, 1.54) is 14.1 Å². The summed E-state index contributed by atoms with van der Waals surface area (Å²) in [4.78, 5) is 43.6. The number of aromatic nitrogens is 2. The highest BCUT2D eigenvalue weighted by Gasteiger charge is 2.22. The van der Waals surface area contributed by atoms with E-state index in [1.807, 2.05) is 20.8 Å². The van der Waals surface area contributed by atoms with Crippen LogP contribution in [0.3, 0.4) is 0 Å². The summed E-state index contributed by atoms with van der Waals surface area (Å²) in [5.41, 5.74) is -0.962. The predicted molar refractivity (Wildman–Crippen MR) is 123 cm³/mol. The second-order valence-electron chi connectivity index (χ2n) is 6.60. The number of nitrogens with zero attached hydrogens (tertiary/aromatic N) is 4. The molecule has 0 saturated carbocycles. The molecular formula is C21H28N4O5S. The molecule has 31 heavy (non-hydrogen) atoms. The average molecular weight is 449 g/mol. The molecule has 9 nitrogen and oxygen atoms in total. The summed E-state index contributed by atoms with van der Waals surface area (Å²) in [6.45, 7) is 7.30. The van der Waals surface area contributed by atoms with Gasteiger partial charge in [0.2, 0.25) is 11.8 Å². The molecule has 0 unspecified atom stereocenters. The van der Waals surface area contributed by atoms with E-state index in [1.54, 1.807) is 29.2 Å². The summed E-state index contributed by atoms with van der Waals surface area (Å²) < 4.78 is 7.30. The lowest BCUT2D eigenvalue weighted by Gasteiger charge is -2.18. The molecule has 0 aliphatic rings. The van der Waals surface area contributed by atoms with Gasteiger partial charge in [0.15, 0.2) is 0 Å². The Kier molecular flexibility index (Phi) is 8.49. The second-order valence-corrected chi connectivity index (χ2v) is 7.57. The topological polar surface area (TPSA) is 106 Å². The molecule has 0 radical (unpaired) electrons. The number of carbonyl (C=O) groups excluding carboxylic acids is 1. The van der Waals surface area contributed by atoms with Crippen molar-refractivity contribution < 1.29 is 14.6 Å². The Bertz CT molecular complexity index is 1070. The summed E-state index contributed by atoms with van der Waals surface area (Å²) in [5, 5.41) is 10.7. The molecule has 0 saturated heterocycles. The average Bonchev–Trinajstić information content (AvgIpc) is 2.77. The fraction of sp³-hybridized carbons (Fsp3) is 0.429. The number of thioether (sulfide) groups is 1. The van der Waals surface area contributed by atoms with Gasteiger partial charge in [-0.25, -0.2) is 9.79 Å². The van der Waals surface area contributed by atoms with Crippen LogP contribution in [0.25, 0.3) is 0 Å². The third kappa shape index (κ3) is 5.57. The summed E-state index contributed by atoms with van der Waals surface area (Å²) in [6, 6.07) is 6.90. The molecule has 1 amide bonds. The molecule has 0 aliphatic heterocycles. The van der Waals surface area contributed by atoms with Crippen LogP contribution in [0.4, 0.5) is 5.69 Å². The van der Waals surface area contributed by atoms with Crippen LogP contribution in [0.2, 0.25) is 0 Å². The van der Waals surface area contributed by atoms with Crippen LogP contribution in [0.1, 0.15) is 26.3 Å². The first-order valence-electron chi connectivity index (χ1n) is 9.96. The third-order valence-corrected chi connectivity index (χ3v) is 5.63. The molecular weight excluding hydrogens is 420 g/mol. The van der Waals surface area contributed by atoms with Gasteiger partial charge < -0.3 is 14.7 Å². The van der Waals surface area contributed by atoms with Gasteiger partial charge in [-0.2, -0.15) is 0 Å². The zero-order chi connectivity index (χ0) is 23.1. The van der Waals surface area contributed by atoms with E-state index in [0.717, 1.165) is 20.9 Å². The smallest absolute Gasteiger partial charge is 0.333 e. The van der Waals surface area contributed by atoms with Gasteiger partial charge in [0, 0.05) is 27.2 Å². The highest BCUT2D eigenvalue weighted by molar-refractivity contribution is 8.15. The van der Waals surface area contributed by atoms with Crippen molar-refractivity contribution in [3.8, 4) is 11.6 Å². The third-order valence-electron chi connectivity index (χ3n) is 4.67. The lowest BCUT2D eigenvalue weighted by molar-refractivity contribution is -0.127. The Morgan fingerprint density at radius 2 is 1.71 bits per heavy atom. The van der Waals surface area contributed by atoms with Gasteiger partial charge in [-0.1, -0.05) is 11.8 Å². The summed E-state index contributed by atoms with van der Waals surface area (Å²) in [7, 11) is 2.69. The van der Waals surface area contributed by atoms with E-state index in [-0.39, 0.29) is 22.3 Å². The Labute approximate surface area is 185 Å². The number of benzene rings is 1. The minimum atomic E-state index is -0.687. The van der Waals surface area contributed by atoms with Crippen molar-refractivity contribution in [2.24, 2.45) is 19.1 Å². The van der Waals surface area contributed by atoms with Crippen molar-refractivity contribution in [2.45, 2.75) is 20.8 Å². The quantitative estimate of drug-likeness (QED) is 0.488. The minimum absolute atomic E-state index is 0.0307. The van der Waals surface area contributed by atoms with Gasteiger partial charge in [0.1, 0.15) is 16.4 Å². The Balaban J connectivity index is 2.55. The van der Waals surface area contributed by atoms with Crippen LogP contribution in [0.15, 0.2) is 38.8 Å². The van der Waals surface area contributed by atoms with E-state index in [4.69, 9.17) is 4.74 Å². The van der Waals surface area contributed by atoms with Crippen molar-refractivity contribution in [3.63, 3.8) is 0 Å². The Hall–Kier alpha value is -3.01. The summed E-state index contributed by atoms with van der Waals surface area (Å²) in [5.74, 6) is 0.0903. The number of rotatable bonds is 8. The first-order chi connectivity index (χ1) is 14.7.